The molecule has 0 aliphatic heterocycles. The lowest BCUT2D eigenvalue weighted by molar-refractivity contribution is 0.0823. The van der Waals surface area contributed by atoms with Crippen molar-refractivity contribution >= 4 is 29.1 Å². The molecular formula is C30H25F2N3O4. The van der Waals surface area contributed by atoms with Crippen LogP contribution in [0.15, 0.2) is 83.5 Å². The number of halogens is 2. The fourth-order valence-corrected chi connectivity index (χ4v) is 4.57. The zero-order chi connectivity index (χ0) is 27.6. The highest BCUT2D eigenvalue weighted by Gasteiger charge is 2.40. The molecular weight excluding hydrogens is 504 g/mol. The number of anilines is 2. The average molecular weight is 530 g/mol. The molecule has 0 unspecified atom stereocenters. The summed E-state index contributed by atoms with van der Waals surface area (Å²) in [6, 6.07) is 19.0. The number of hydrogen-bond donors (Lipinski definition) is 3. The summed E-state index contributed by atoms with van der Waals surface area (Å²) < 4.78 is 32.9. The van der Waals surface area contributed by atoms with Gasteiger partial charge in [-0.25, -0.2) is 8.78 Å². The molecule has 1 aliphatic carbocycles. The third kappa shape index (κ3) is 5.43. The van der Waals surface area contributed by atoms with Crippen molar-refractivity contribution in [3.05, 3.63) is 119 Å². The van der Waals surface area contributed by atoms with E-state index in [-0.39, 0.29) is 23.1 Å². The summed E-state index contributed by atoms with van der Waals surface area (Å²) in [5, 5.41) is 8.44. The van der Waals surface area contributed by atoms with Gasteiger partial charge >= 0.3 is 0 Å². The van der Waals surface area contributed by atoms with Crippen LogP contribution in [-0.2, 0) is 5.54 Å². The van der Waals surface area contributed by atoms with E-state index in [1.165, 1.54) is 12.3 Å². The predicted octanol–water partition coefficient (Wildman–Crippen LogP) is 6.18. The number of hydrogen-bond acceptors (Lipinski definition) is 4. The van der Waals surface area contributed by atoms with Crippen LogP contribution in [0.4, 0.5) is 20.2 Å². The molecule has 0 bridgehead atoms. The molecule has 7 nitrogen and oxygen atoms in total. The van der Waals surface area contributed by atoms with Gasteiger partial charge in [0.2, 0.25) is 0 Å². The van der Waals surface area contributed by atoms with Crippen LogP contribution >= 0.6 is 0 Å². The quantitative estimate of drug-likeness (QED) is 0.266. The number of rotatable bonds is 7. The van der Waals surface area contributed by atoms with Crippen molar-refractivity contribution in [3.8, 4) is 0 Å². The molecule has 0 spiro atoms. The van der Waals surface area contributed by atoms with Crippen LogP contribution in [0.5, 0.6) is 0 Å². The number of furan rings is 1. The minimum absolute atomic E-state index is 0.186. The maximum atomic E-state index is 14.1. The third-order valence-corrected chi connectivity index (χ3v) is 6.82. The lowest BCUT2D eigenvalue weighted by Crippen LogP contribution is -2.50. The van der Waals surface area contributed by atoms with E-state index in [0.717, 1.165) is 30.9 Å². The largest absolute Gasteiger partial charge is 0.459 e. The molecule has 0 saturated heterocycles. The maximum absolute atomic E-state index is 14.1. The van der Waals surface area contributed by atoms with Gasteiger partial charge in [-0.05, 0) is 98.0 Å². The zero-order valence-corrected chi connectivity index (χ0v) is 21.0. The Labute approximate surface area is 223 Å². The van der Waals surface area contributed by atoms with Crippen LogP contribution in [0.25, 0.3) is 0 Å². The number of benzene rings is 3. The van der Waals surface area contributed by atoms with Crippen LogP contribution in [0.3, 0.4) is 0 Å². The minimum Gasteiger partial charge on any atom is -0.459 e. The smallest absolute Gasteiger partial charge is 0.291 e. The molecule has 1 aliphatic rings. The van der Waals surface area contributed by atoms with E-state index in [4.69, 9.17) is 4.42 Å². The summed E-state index contributed by atoms with van der Waals surface area (Å²) in [5.41, 5.74) is 1.76. The SMILES string of the molecule is Cc1cc(F)c(F)c(C(=O)Nc2ccc(C3(NC(=O)c4ccc(NC(=O)c5ccco5)cc4)CCC3)cc2)c1. The molecule has 1 aromatic heterocycles. The highest BCUT2D eigenvalue weighted by atomic mass is 19.2. The fraction of sp³-hybridized carbons (Fsp3) is 0.167. The molecule has 1 fully saturated rings. The second-order valence-corrected chi connectivity index (χ2v) is 9.54. The second kappa shape index (κ2) is 10.5. The predicted molar refractivity (Wildman–Crippen MR) is 142 cm³/mol. The lowest BCUT2D eigenvalue weighted by atomic mass is 9.71. The number of amides is 3. The van der Waals surface area contributed by atoms with E-state index < -0.39 is 23.1 Å². The standard InChI is InChI=1S/C30H25F2N3O4/c1-18-16-23(26(32)24(31)17-18)28(37)33-22-11-7-20(8-12-22)30(13-3-14-30)35-27(36)19-5-9-21(10-6-19)34-29(38)25-4-2-15-39-25/h2,4-12,15-17H,3,13-14H2,1H3,(H,33,37)(H,34,38)(H,35,36). The molecule has 1 heterocycles. The molecule has 39 heavy (non-hydrogen) atoms. The van der Waals surface area contributed by atoms with E-state index in [2.05, 4.69) is 16.0 Å². The first-order chi connectivity index (χ1) is 18.7. The Hall–Kier alpha value is -4.79. The van der Waals surface area contributed by atoms with Gasteiger partial charge in [0.15, 0.2) is 17.4 Å². The minimum atomic E-state index is -1.20. The van der Waals surface area contributed by atoms with Gasteiger partial charge in [0.1, 0.15) is 0 Å². The Morgan fingerprint density at radius 2 is 1.46 bits per heavy atom. The highest BCUT2D eigenvalue weighted by molar-refractivity contribution is 6.04. The van der Waals surface area contributed by atoms with Crippen molar-refractivity contribution in [2.45, 2.75) is 31.7 Å². The highest BCUT2D eigenvalue weighted by Crippen LogP contribution is 2.42. The first kappa shape index (κ1) is 25.8. The Balaban J connectivity index is 1.24. The zero-order valence-electron chi connectivity index (χ0n) is 21.0. The van der Waals surface area contributed by atoms with Crippen molar-refractivity contribution in [1.82, 2.24) is 5.32 Å². The van der Waals surface area contributed by atoms with Gasteiger partial charge in [-0.1, -0.05) is 12.1 Å². The van der Waals surface area contributed by atoms with Crippen LogP contribution in [0, 0.1) is 18.6 Å². The van der Waals surface area contributed by atoms with Crippen molar-refractivity contribution in [3.63, 3.8) is 0 Å². The van der Waals surface area contributed by atoms with E-state index in [0.29, 0.717) is 22.5 Å². The van der Waals surface area contributed by atoms with Gasteiger partial charge in [-0.15, -0.1) is 0 Å². The van der Waals surface area contributed by atoms with Crippen molar-refractivity contribution in [2.75, 3.05) is 10.6 Å². The van der Waals surface area contributed by atoms with Gasteiger partial charge in [0.05, 0.1) is 17.4 Å². The molecule has 3 aromatic carbocycles. The van der Waals surface area contributed by atoms with E-state index in [1.54, 1.807) is 67.6 Å². The summed E-state index contributed by atoms with van der Waals surface area (Å²) in [5.74, 6) is -3.48. The molecule has 3 amide bonds. The molecule has 198 valence electrons. The number of nitrogens with one attached hydrogen (secondary N) is 3. The summed E-state index contributed by atoms with van der Waals surface area (Å²) in [4.78, 5) is 37.7. The summed E-state index contributed by atoms with van der Waals surface area (Å²) >= 11 is 0. The van der Waals surface area contributed by atoms with Gasteiger partial charge in [0, 0.05) is 16.9 Å². The third-order valence-electron chi connectivity index (χ3n) is 6.82. The monoisotopic (exact) mass is 529 g/mol. The maximum Gasteiger partial charge on any atom is 0.291 e. The molecule has 3 N–H and O–H groups in total. The van der Waals surface area contributed by atoms with Gasteiger partial charge in [-0.3, -0.25) is 14.4 Å². The van der Waals surface area contributed by atoms with Crippen molar-refractivity contribution in [1.29, 1.82) is 0 Å². The fourth-order valence-electron chi connectivity index (χ4n) is 4.57. The van der Waals surface area contributed by atoms with Crippen LogP contribution < -0.4 is 16.0 Å². The van der Waals surface area contributed by atoms with Crippen LogP contribution in [0.1, 0.15) is 61.7 Å². The molecule has 5 rings (SSSR count). The Bertz CT molecular complexity index is 1530. The second-order valence-electron chi connectivity index (χ2n) is 9.54. The summed E-state index contributed by atoms with van der Waals surface area (Å²) in [6.45, 7) is 1.58. The Morgan fingerprint density at radius 3 is 2.05 bits per heavy atom. The molecule has 4 aromatic rings. The van der Waals surface area contributed by atoms with Crippen molar-refractivity contribution < 1.29 is 27.6 Å². The topological polar surface area (TPSA) is 100 Å². The normalized spacial score (nSPS) is 13.7. The Kier molecular flexibility index (Phi) is 6.98. The summed E-state index contributed by atoms with van der Waals surface area (Å²) in [7, 11) is 0. The lowest BCUT2D eigenvalue weighted by Gasteiger charge is -2.43. The van der Waals surface area contributed by atoms with Crippen LogP contribution in [0.2, 0.25) is 0 Å². The number of carbonyl (C=O) groups excluding carboxylic acids is 3. The van der Waals surface area contributed by atoms with Crippen LogP contribution in [-0.4, -0.2) is 17.7 Å². The van der Waals surface area contributed by atoms with Gasteiger partial charge in [-0.2, -0.15) is 0 Å². The van der Waals surface area contributed by atoms with Gasteiger partial charge < -0.3 is 20.4 Å². The van der Waals surface area contributed by atoms with E-state index in [1.807, 2.05) is 0 Å². The average Bonchev–Trinajstić information content (AvgIpc) is 3.44. The van der Waals surface area contributed by atoms with E-state index >= 15 is 0 Å². The Morgan fingerprint density at radius 1 is 0.821 bits per heavy atom. The molecule has 1 saturated carbocycles. The van der Waals surface area contributed by atoms with E-state index in [9.17, 15) is 23.2 Å². The number of carbonyl (C=O) groups is 3. The molecule has 9 heteroatoms. The first-order valence-electron chi connectivity index (χ1n) is 12.4. The molecule has 0 atom stereocenters. The first-order valence-corrected chi connectivity index (χ1v) is 12.4. The van der Waals surface area contributed by atoms with Gasteiger partial charge in [0.25, 0.3) is 17.7 Å². The summed E-state index contributed by atoms with van der Waals surface area (Å²) in [6.07, 6.45) is 3.84. The number of aryl methyl sites for hydroxylation is 1. The van der Waals surface area contributed by atoms with Crippen molar-refractivity contribution in [2.24, 2.45) is 0 Å². The molecule has 0 radical (unpaired) electrons.